The maximum atomic E-state index is 12.6. The monoisotopic (exact) mass is 1320 g/mol. The van der Waals surface area contributed by atoms with Crippen LogP contribution in [0.1, 0.15) is 209 Å². The van der Waals surface area contributed by atoms with Crippen LogP contribution in [-0.2, 0) is 28.4 Å². The number of halogens is 6. The van der Waals surface area contributed by atoms with Crippen molar-refractivity contribution in [2.45, 2.75) is 248 Å². The first-order valence-corrected chi connectivity index (χ1v) is 34.8. The molecule has 5 aromatic carbocycles. The van der Waals surface area contributed by atoms with E-state index in [0.29, 0.717) is 51.9 Å². The van der Waals surface area contributed by atoms with Gasteiger partial charge >= 0.3 is 0 Å². The summed E-state index contributed by atoms with van der Waals surface area (Å²) >= 11 is 0. The van der Waals surface area contributed by atoms with Crippen molar-refractivity contribution in [2.24, 2.45) is 41.4 Å². The zero-order chi connectivity index (χ0) is 71.0. The number of hydrogen-bond donors (Lipinski definition) is 0. The van der Waals surface area contributed by atoms with Gasteiger partial charge in [-0.2, -0.15) is 0 Å². The first-order chi connectivity index (χ1) is 44.1. The minimum Gasteiger partial charge on any atom is -0.378 e. The number of hydrogen-bond acceptors (Lipinski definition) is 6. The quantitative estimate of drug-likeness (QED) is 0.114. The van der Waals surface area contributed by atoms with E-state index in [2.05, 4.69) is 113 Å². The third kappa shape index (κ3) is 42.0. The molecule has 0 amide bonds. The van der Waals surface area contributed by atoms with E-state index in [1.165, 1.54) is 127 Å². The summed E-state index contributed by atoms with van der Waals surface area (Å²) in [6, 6.07) is 24.7. The van der Waals surface area contributed by atoms with E-state index >= 15 is 0 Å². The van der Waals surface area contributed by atoms with E-state index < -0.39 is 23.3 Å². The lowest BCUT2D eigenvalue weighted by molar-refractivity contribution is -0.187. The van der Waals surface area contributed by atoms with Crippen molar-refractivity contribution in [3.8, 4) is 0 Å². The van der Waals surface area contributed by atoms with E-state index in [9.17, 15) is 26.3 Å². The fourth-order valence-corrected chi connectivity index (χ4v) is 9.49. The van der Waals surface area contributed by atoms with Gasteiger partial charge in [-0.3, -0.25) is 0 Å². The molecule has 6 nitrogen and oxygen atoms in total. The molecule has 5 atom stereocenters. The van der Waals surface area contributed by atoms with Crippen LogP contribution >= 0.6 is 0 Å². The van der Waals surface area contributed by atoms with E-state index in [4.69, 9.17) is 28.4 Å². The molecule has 0 spiro atoms. The van der Waals surface area contributed by atoms with Crippen molar-refractivity contribution in [2.75, 3.05) is 39.6 Å². The van der Waals surface area contributed by atoms with Crippen molar-refractivity contribution in [3.63, 3.8) is 0 Å². The van der Waals surface area contributed by atoms with Crippen LogP contribution in [0.2, 0.25) is 0 Å². The molecule has 4 heterocycles. The van der Waals surface area contributed by atoms with Crippen LogP contribution in [0.3, 0.4) is 0 Å². The fourth-order valence-electron chi connectivity index (χ4n) is 9.49. The Balaban J connectivity index is 0.000000517. The summed E-state index contributed by atoms with van der Waals surface area (Å²) in [5.41, 5.74) is 9.00. The number of benzene rings is 5. The van der Waals surface area contributed by atoms with E-state index in [1.54, 1.807) is 50.6 Å². The summed E-state index contributed by atoms with van der Waals surface area (Å²) in [6.07, 6.45) is 18.6. The molecule has 11 rings (SSSR count). The third-order valence-corrected chi connectivity index (χ3v) is 16.9. The van der Waals surface area contributed by atoms with Gasteiger partial charge in [0.2, 0.25) is 0 Å². The van der Waals surface area contributed by atoms with E-state index in [0.717, 1.165) is 80.4 Å². The van der Waals surface area contributed by atoms with Gasteiger partial charge in [0.05, 0.1) is 38.6 Å². The van der Waals surface area contributed by atoms with Crippen molar-refractivity contribution >= 4 is 0 Å². The number of aryl methyl sites for hydroxylation is 9. The Labute approximate surface area is 568 Å². The van der Waals surface area contributed by atoms with Crippen molar-refractivity contribution in [1.29, 1.82) is 0 Å². The molecular weight excluding hydrogens is 1190 g/mol. The average Bonchev–Trinajstić information content (AvgIpc) is 1.04. The molecule has 1 saturated carbocycles. The van der Waals surface area contributed by atoms with Gasteiger partial charge in [-0.15, -0.1) is 0 Å². The molecule has 5 unspecified atom stereocenters. The first-order valence-electron chi connectivity index (χ1n) is 34.8. The Kier molecular flexibility index (Phi) is 45.3. The van der Waals surface area contributed by atoms with Crippen molar-refractivity contribution < 1.29 is 54.8 Å². The fraction of sp³-hybridized carbons (Fsp3) is 0.610. The lowest BCUT2D eigenvalue weighted by Crippen LogP contribution is -2.27. The predicted octanol–water partition coefficient (Wildman–Crippen LogP) is 23.6. The van der Waals surface area contributed by atoms with Crippen LogP contribution in [0, 0.1) is 146 Å². The Morgan fingerprint density at radius 1 is 0.287 bits per heavy atom. The highest BCUT2D eigenvalue weighted by molar-refractivity contribution is 5.26. The highest BCUT2D eigenvalue weighted by Gasteiger charge is 2.17. The molecule has 94 heavy (non-hydrogen) atoms. The highest BCUT2D eigenvalue weighted by Crippen LogP contribution is 2.27. The molecule has 0 radical (unpaired) electrons. The largest absolute Gasteiger partial charge is 0.378 e. The highest BCUT2D eigenvalue weighted by atomic mass is 19.2. The topological polar surface area (TPSA) is 55.4 Å². The second-order valence-corrected chi connectivity index (χ2v) is 28.0. The minimum absolute atomic E-state index is 0.0196. The van der Waals surface area contributed by atoms with Gasteiger partial charge in [-0.1, -0.05) is 158 Å². The van der Waals surface area contributed by atoms with Crippen LogP contribution in [0.25, 0.3) is 0 Å². The van der Waals surface area contributed by atoms with Gasteiger partial charge in [0, 0.05) is 30.6 Å². The van der Waals surface area contributed by atoms with Gasteiger partial charge < -0.3 is 28.4 Å². The Morgan fingerprint density at radius 2 is 0.585 bits per heavy atom. The maximum Gasteiger partial charge on any atom is 0.161 e. The van der Waals surface area contributed by atoms with Gasteiger partial charge in [0.25, 0.3) is 0 Å². The van der Waals surface area contributed by atoms with Gasteiger partial charge in [-0.25, -0.2) is 26.3 Å². The molecule has 0 bridgehead atoms. The van der Waals surface area contributed by atoms with E-state index in [1.807, 2.05) is 39.8 Å². The lowest BCUT2D eigenvalue weighted by Gasteiger charge is -2.24. The second kappa shape index (κ2) is 48.8. The second-order valence-electron chi connectivity index (χ2n) is 28.0. The molecule has 532 valence electrons. The average molecular weight is 1320 g/mol. The molecule has 4 saturated heterocycles. The molecular formula is C82H126F6O6. The standard InChI is InChI=1S/2C8H8F2.2C8H9F.C8H16.C8H14.C8H10.2C7H14O.2C6H12O2/c1-5-3-7(9)6(2)8(10)4-5;1-5-3-4-6(2)8(10)7(5)9;2*1-6-3-4-7(2)8(9)5-6;3*1-7-3-5-8(2)6-4-7;2*1-6-3-4-7(2)8-5-6;2*1-5-3-7-6(2)8-4-5/h2*3-4H,1-2H3;2*3-5H,1-2H3;7-8H,3-6H2,1-2H3;3,8H,4-6H2,1-2H3;3-6H,1-2H3;2*6-7H,3-5H2,1-2H3;2*5-6H,3-4H2,1-2H3. The molecule has 5 aromatic rings. The molecule has 5 fully saturated rings. The Bertz CT molecular complexity index is 2510. The summed E-state index contributed by atoms with van der Waals surface area (Å²) in [5.74, 6) is 3.07. The van der Waals surface area contributed by atoms with Gasteiger partial charge in [0.1, 0.15) is 23.3 Å². The molecule has 12 heteroatoms. The number of allylic oxidation sites excluding steroid dienone is 2. The Hall–Kier alpha value is -4.82. The van der Waals surface area contributed by atoms with Crippen LogP contribution in [-0.4, -0.2) is 64.4 Å². The zero-order valence-electron chi connectivity index (χ0n) is 62.2. The number of rotatable bonds is 0. The Morgan fingerprint density at radius 3 is 0.840 bits per heavy atom. The summed E-state index contributed by atoms with van der Waals surface area (Å²) in [7, 11) is 0. The third-order valence-electron chi connectivity index (χ3n) is 16.9. The summed E-state index contributed by atoms with van der Waals surface area (Å²) in [5, 5.41) is 0. The van der Waals surface area contributed by atoms with Crippen LogP contribution < -0.4 is 0 Å². The molecule has 4 aliphatic heterocycles. The normalized spacial score (nSPS) is 24.2. The summed E-state index contributed by atoms with van der Waals surface area (Å²) < 4.78 is 107. The molecule has 2 aliphatic carbocycles. The minimum atomic E-state index is -0.736. The first kappa shape index (κ1) is 87.2. The molecule has 0 N–H and O–H groups in total. The lowest BCUT2D eigenvalue weighted by atomic mass is 9.84. The van der Waals surface area contributed by atoms with Crippen LogP contribution in [0.5, 0.6) is 0 Å². The summed E-state index contributed by atoms with van der Waals surface area (Å²) in [4.78, 5) is 0. The summed E-state index contributed by atoms with van der Waals surface area (Å²) in [6.45, 7) is 49.1. The SMILES string of the molecule is CC1=CCC(C)CC1.CC1CCC(C)CC1.CC1CCC(C)OC1.CC1CCC(C)OC1.CC1COC(C)OC1.CC1COC(C)OC1.Cc1cc(F)c(C)c(F)c1.Cc1ccc(C)c(F)c1.Cc1ccc(C)c(F)c1.Cc1ccc(C)c(F)c1F.Cc1ccc(C)cc1. The maximum absolute atomic E-state index is 12.6. The van der Waals surface area contributed by atoms with Crippen LogP contribution in [0.4, 0.5) is 26.3 Å². The predicted molar refractivity (Wildman–Crippen MR) is 382 cm³/mol. The number of ether oxygens (including phenoxy) is 6. The zero-order valence-corrected chi connectivity index (χ0v) is 62.2. The van der Waals surface area contributed by atoms with E-state index in [-0.39, 0.29) is 29.8 Å². The van der Waals surface area contributed by atoms with Gasteiger partial charge in [0.15, 0.2) is 24.2 Å². The molecule has 6 aliphatic rings. The van der Waals surface area contributed by atoms with Crippen molar-refractivity contribution in [3.05, 3.63) is 187 Å². The van der Waals surface area contributed by atoms with Gasteiger partial charge in [-0.05, 0) is 242 Å². The van der Waals surface area contributed by atoms with Crippen LogP contribution in [0.15, 0.2) is 96.6 Å². The van der Waals surface area contributed by atoms with Crippen molar-refractivity contribution in [1.82, 2.24) is 0 Å². The smallest absolute Gasteiger partial charge is 0.161 e. The molecule has 0 aromatic heterocycles.